The van der Waals surface area contributed by atoms with Gasteiger partial charge in [-0.25, -0.2) is 4.39 Å². The first-order chi connectivity index (χ1) is 11.4. The van der Waals surface area contributed by atoms with Crippen molar-refractivity contribution in [2.45, 2.75) is 27.2 Å². The van der Waals surface area contributed by atoms with Crippen molar-refractivity contribution in [3.05, 3.63) is 59.4 Å². The largest absolute Gasteiger partial charge is 0.326 e. The molecule has 0 aliphatic rings. The van der Waals surface area contributed by atoms with Crippen molar-refractivity contribution in [3.63, 3.8) is 0 Å². The maximum atomic E-state index is 13.0. The summed E-state index contributed by atoms with van der Waals surface area (Å²) in [4.78, 5) is 25.4. The smallest absolute Gasteiger partial charge is 0.226 e. The zero-order chi connectivity index (χ0) is 17.7. The lowest BCUT2D eigenvalue weighted by atomic mass is 10.1. The molecule has 0 aliphatic carbocycles. The molecule has 5 heteroatoms. The molecular weight excluding hydrogens is 307 g/mol. The molecule has 126 valence electrons. The number of aryl methyl sites for hydroxylation is 2. The number of nitrogens with one attached hydrogen (secondary N) is 1. The van der Waals surface area contributed by atoms with E-state index in [0.717, 1.165) is 16.8 Å². The highest BCUT2D eigenvalue weighted by Gasteiger charge is 2.14. The number of rotatable bonds is 5. The zero-order valence-corrected chi connectivity index (χ0v) is 14.1. The van der Waals surface area contributed by atoms with Gasteiger partial charge in [0.2, 0.25) is 11.8 Å². The fourth-order valence-corrected chi connectivity index (χ4v) is 2.39. The summed E-state index contributed by atoms with van der Waals surface area (Å²) in [6.45, 7) is 5.54. The molecule has 2 aromatic rings. The number of halogens is 1. The van der Waals surface area contributed by atoms with Gasteiger partial charge in [-0.2, -0.15) is 0 Å². The Labute approximate surface area is 141 Å². The van der Waals surface area contributed by atoms with Crippen LogP contribution in [-0.4, -0.2) is 18.4 Å². The van der Waals surface area contributed by atoms with Crippen LogP contribution in [0.2, 0.25) is 0 Å². The Kier molecular flexibility index (Phi) is 5.68. The molecule has 0 spiro atoms. The van der Waals surface area contributed by atoms with Crippen molar-refractivity contribution in [1.29, 1.82) is 0 Å². The number of carbonyl (C=O) groups excluding carboxylic acids is 2. The lowest BCUT2D eigenvalue weighted by Gasteiger charge is -2.21. The monoisotopic (exact) mass is 328 g/mol. The first kappa shape index (κ1) is 17.7. The molecule has 24 heavy (non-hydrogen) atoms. The Morgan fingerprint density at radius 1 is 1.08 bits per heavy atom. The number of anilines is 2. The fourth-order valence-electron chi connectivity index (χ4n) is 2.39. The quantitative estimate of drug-likeness (QED) is 0.907. The van der Waals surface area contributed by atoms with E-state index < -0.39 is 0 Å². The van der Waals surface area contributed by atoms with Crippen molar-refractivity contribution in [3.8, 4) is 0 Å². The molecule has 0 fully saturated rings. The Balaban J connectivity index is 2.01. The summed E-state index contributed by atoms with van der Waals surface area (Å²) in [5, 5.41) is 2.87. The van der Waals surface area contributed by atoms with Crippen LogP contribution in [0, 0.1) is 19.7 Å². The minimum atomic E-state index is -0.366. The third kappa shape index (κ3) is 4.65. The topological polar surface area (TPSA) is 49.4 Å². The molecule has 1 N–H and O–H groups in total. The van der Waals surface area contributed by atoms with Crippen molar-refractivity contribution < 1.29 is 14.0 Å². The maximum absolute atomic E-state index is 13.0. The molecule has 2 amide bonds. The van der Waals surface area contributed by atoms with E-state index in [1.54, 1.807) is 0 Å². The van der Waals surface area contributed by atoms with Crippen LogP contribution in [0.4, 0.5) is 15.8 Å². The first-order valence-corrected chi connectivity index (χ1v) is 7.77. The number of benzene rings is 2. The predicted molar refractivity (Wildman–Crippen MR) is 93.6 cm³/mol. The first-order valence-electron chi connectivity index (χ1n) is 7.77. The summed E-state index contributed by atoms with van der Waals surface area (Å²) in [5.74, 6) is -0.729. The Bertz CT molecular complexity index is 742. The number of amides is 2. The van der Waals surface area contributed by atoms with Crippen LogP contribution in [0.25, 0.3) is 0 Å². The molecule has 2 rings (SSSR count). The normalized spacial score (nSPS) is 10.3. The van der Waals surface area contributed by atoms with Gasteiger partial charge in [0.15, 0.2) is 0 Å². The van der Waals surface area contributed by atoms with Gasteiger partial charge in [-0.3, -0.25) is 9.59 Å². The molecule has 0 atom stereocenters. The average Bonchev–Trinajstić information content (AvgIpc) is 2.52. The van der Waals surface area contributed by atoms with Crippen molar-refractivity contribution in [2.75, 3.05) is 16.8 Å². The third-order valence-electron chi connectivity index (χ3n) is 3.75. The summed E-state index contributed by atoms with van der Waals surface area (Å²) < 4.78 is 13.0. The Hall–Kier alpha value is -2.69. The molecule has 0 saturated heterocycles. The summed E-state index contributed by atoms with van der Waals surface area (Å²) >= 11 is 0. The highest BCUT2D eigenvalue weighted by atomic mass is 19.1. The summed E-state index contributed by atoms with van der Waals surface area (Å²) in [6.07, 6.45) is 0.157. The van der Waals surface area contributed by atoms with Crippen molar-refractivity contribution in [1.82, 2.24) is 0 Å². The van der Waals surface area contributed by atoms with Gasteiger partial charge in [0.25, 0.3) is 0 Å². The standard InChI is InChI=1S/C19H21FN2O2/c1-13-4-5-14(2)18(12-13)21-19(24)10-11-22(15(3)23)17-8-6-16(20)7-9-17/h4-9,12H,10-11H2,1-3H3,(H,21,24). The minimum absolute atomic E-state index is 0.157. The second-order valence-electron chi connectivity index (χ2n) is 5.76. The van der Waals surface area contributed by atoms with Gasteiger partial charge in [0.05, 0.1) is 0 Å². The fraction of sp³-hybridized carbons (Fsp3) is 0.263. The zero-order valence-electron chi connectivity index (χ0n) is 14.1. The van der Waals surface area contributed by atoms with Crippen LogP contribution >= 0.6 is 0 Å². The van der Waals surface area contributed by atoms with Gasteiger partial charge in [-0.1, -0.05) is 12.1 Å². The molecule has 0 bridgehead atoms. The van der Waals surface area contributed by atoms with Crippen LogP contribution in [-0.2, 0) is 9.59 Å². The van der Waals surface area contributed by atoms with E-state index >= 15 is 0 Å². The predicted octanol–water partition coefficient (Wildman–Crippen LogP) is 3.82. The van der Waals surface area contributed by atoms with Gasteiger partial charge >= 0.3 is 0 Å². The lowest BCUT2D eigenvalue weighted by molar-refractivity contribution is -0.117. The second-order valence-corrected chi connectivity index (χ2v) is 5.76. The van der Waals surface area contributed by atoms with Crippen LogP contribution in [0.3, 0.4) is 0 Å². The van der Waals surface area contributed by atoms with Gasteiger partial charge < -0.3 is 10.2 Å². The molecule has 0 saturated carbocycles. The van der Waals surface area contributed by atoms with E-state index in [0.29, 0.717) is 5.69 Å². The average molecular weight is 328 g/mol. The molecular formula is C19H21FN2O2. The molecule has 2 aromatic carbocycles. The van der Waals surface area contributed by atoms with Crippen LogP contribution in [0.5, 0.6) is 0 Å². The summed E-state index contributed by atoms with van der Waals surface area (Å²) in [7, 11) is 0. The van der Waals surface area contributed by atoms with E-state index in [2.05, 4.69) is 5.32 Å². The Morgan fingerprint density at radius 2 is 1.75 bits per heavy atom. The van der Waals surface area contributed by atoms with Gasteiger partial charge in [0, 0.05) is 31.3 Å². The van der Waals surface area contributed by atoms with Crippen LogP contribution in [0.1, 0.15) is 24.5 Å². The highest BCUT2D eigenvalue weighted by Crippen LogP contribution is 2.18. The maximum Gasteiger partial charge on any atom is 0.226 e. The van der Waals surface area contributed by atoms with Crippen molar-refractivity contribution in [2.24, 2.45) is 0 Å². The summed E-state index contributed by atoms with van der Waals surface area (Å²) in [5.41, 5.74) is 3.39. The molecule has 0 heterocycles. The van der Waals surface area contributed by atoms with Gasteiger partial charge in [-0.15, -0.1) is 0 Å². The van der Waals surface area contributed by atoms with Crippen LogP contribution < -0.4 is 10.2 Å². The van der Waals surface area contributed by atoms with E-state index in [1.165, 1.54) is 36.1 Å². The molecule has 0 unspecified atom stereocenters. The molecule has 0 radical (unpaired) electrons. The van der Waals surface area contributed by atoms with E-state index in [4.69, 9.17) is 0 Å². The lowest BCUT2D eigenvalue weighted by Crippen LogP contribution is -2.32. The number of hydrogen-bond acceptors (Lipinski definition) is 2. The van der Waals surface area contributed by atoms with E-state index in [-0.39, 0.29) is 30.6 Å². The molecule has 4 nitrogen and oxygen atoms in total. The molecule has 0 aromatic heterocycles. The van der Waals surface area contributed by atoms with Crippen molar-refractivity contribution >= 4 is 23.2 Å². The van der Waals surface area contributed by atoms with E-state index in [1.807, 2.05) is 32.0 Å². The summed E-state index contributed by atoms with van der Waals surface area (Å²) in [6, 6.07) is 11.5. The highest BCUT2D eigenvalue weighted by molar-refractivity contribution is 5.95. The number of hydrogen-bond donors (Lipinski definition) is 1. The number of nitrogens with zero attached hydrogens (tertiary/aromatic N) is 1. The van der Waals surface area contributed by atoms with Gasteiger partial charge in [-0.05, 0) is 55.3 Å². The second kappa shape index (κ2) is 7.73. The van der Waals surface area contributed by atoms with Gasteiger partial charge in [0.1, 0.15) is 5.82 Å². The third-order valence-corrected chi connectivity index (χ3v) is 3.75. The van der Waals surface area contributed by atoms with E-state index in [9.17, 15) is 14.0 Å². The van der Waals surface area contributed by atoms with Crippen LogP contribution in [0.15, 0.2) is 42.5 Å². The SMILES string of the molecule is CC(=O)N(CCC(=O)Nc1cc(C)ccc1C)c1ccc(F)cc1. The minimum Gasteiger partial charge on any atom is -0.326 e. The Morgan fingerprint density at radius 3 is 2.38 bits per heavy atom. The molecule has 0 aliphatic heterocycles. The number of carbonyl (C=O) groups is 2.